The maximum Gasteiger partial charge on any atom is 0.373 e. The maximum atomic E-state index is 11.8. The molecule has 29 heavy (non-hydrogen) atoms. The summed E-state index contributed by atoms with van der Waals surface area (Å²) in [5, 5.41) is 15.9. The normalized spacial score (nSPS) is 10.7. The highest BCUT2D eigenvalue weighted by molar-refractivity contribution is 6.33. The zero-order valence-electron chi connectivity index (χ0n) is 15.2. The summed E-state index contributed by atoms with van der Waals surface area (Å²) in [4.78, 5) is 23.6. The van der Waals surface area contributed by atoms with E-state index in [-0.39, 0.29) is 11.7 Å². The first-order valence-corrected chi connectivity index (χ1v) is 8.96. The SMILES string of the molecule is Cc1ccc2cccc(Oc3ncnc(Nc4ccccc4Cl)c3[N+](=O)[O-])c2n1. The van der Waals surface area contributed by atoms with Gasteiger partial charge in [0.05, 0.1) is 15.6 Å². The number of ether oxygens (including phenoxy) is 1. The lowest BCUT2D eigenvalue weighted by atomic mass is 10.2. The van der Waals surface area contributed by atoms with Crippen LogP contribution in [0.5, 0.6) is 11.6 Å². The highest BCUT2D eigenvalue weighted by Gasteiger charge is 2.26. The van der Waals surface area contributed by atoms with E-state index in [0.717, 1.165) is 11.1 Å². The van der Waals surface area contributed by atoms with Gasteiger partial charge >= 0.3 is 11.6 Å². The molecular weight excluding hydrogens is 394 g/mol. The monoisotopic (exact) mass is 407 g/mol. The van der Waals surface area contributed by atoms with Crippen molar-refractivity contribution >= 4 is 39.7 Å². The van der Waals surface area contributed by atoms with Gasteiger partial charge in [-0.1, -0.05) is 41.9 Å². The standard InChI is InChI=1S/C20H14ClN5O3/c1-12-9-10-13-5-4-8-16(17(13)24-12)29-20-18(26(27)28)19(22-11-23-20)25-15-7-3-2-6-14(15)21/h2-11H,1H3,(H,22,23,25). The smallest absolute Gasteiger partial charge is 0.373 e. The van der Waals surface area contributed by atoms with Crippen molar-refractivity contribution in [1.82, 2.24) is 15.0 Å². The highest BCUT2D eigenvalue weighted by atomic mass is 35.5. The molecule has 0 aliphatic rings. The van der Waals surface area contributed by atoms with Gasteiger partial charge in [0.15, 0.2) is 5.75 Å². The molecule has 0 bridgehead atoms. The van der Waals surface area contributed by atoms with E-state index in [1.165, 1.54) is 6.33 Å². The van der Waals surface area contributed by atoms with E-state index in [9.17, 15) is 10.1 Å². The van der Waals surface area contributed by atoms with Crippen LogP contribution in [0.3, 0.4) is 0 Å². The Kier molecular flexibility index (Phi) is 4.92. The van der Waals surface area contributed by atoms with Crippen LogP contribution < -0.4 is 10.1 Å². The summed E-state index contributed by atoms with van der Waals surface area (Å²) in [6.07, 6.45) is 1.19. The minimum atomic E-state index is -0.599. The molecule has 9 heteroatoms. The van der Waals surface area contributed by atoms with Crippen molar-refractivity contribution in [2.75, 3.05) is 5.32 Å². The second-order valence-electron chi connectivity index (χ2n) is 6.12. The van der Waals surface area contributed by atoms with Crippen LogP contribution in [0.1, 0.15) is 5.69 Å². The van der Waals surface area contributed by atoms with E-state index >= 15 is 0 Å². The quantitative estimate of drug-likeness (QED) is 0.347. The number of nitrogens with zero attached hydrogens (tertiary/aromatic N) is 4. The van der Waals surface area contributed by atoms with Gasteiger partial charge in [-0.2, -0.15) is 4.98 Å². The van der Waals surface area contributed by atoms with E-state index in [2.05, 4.69) is 20.3 Å². The van der Waals surface area contributed by atoms with E-state index in [1.807, 2.05) is 25.1 Å². The molecule has 4 aromatic rings. The fraction of sp³-hybridized carbons (Fsp3) is 0.0500. The zero-order valence-corrected chi connectivity index (χ0v) is 15.9. The summed E-state index contributed by atoms with van der Waals surface area (Å²) in [5.41, 5.74) is 1.45. The third kappa shape index (κ3) is 3.78. The number of para-hydroxylation sites is 2. The molecule has 0 aliphatic carbocycles. The number of halogens is 1. The van der Waals surface area contributed by atoms with Crippen molar-refractivity contribution in [2.24, 2.45) is 0 Å². The van der Waals surface area contributed by atoms with Gasteiger partial charge in [0.1, 0.15) is 11.8 Å². The second-order valence-corrected chi connectivity index (χ2v) is 6.53. The number of hydrogen-bond acceptors (Lipinski definition) is 7. The van der Waals surface area contributed by atoms with Gasteiger partial charge in [0, 0.05) is 11.1 Å². The molecule has 0 unspecified atom stereocenters. The number of hydrogen-bond donors (Lipinski definition) is 1. The van der Waals surface area contributed by atoms with Gasteiger partial charge in [-0.3, -0.25) is 10.1 Å². The third-order valence-corrected chi connectivity index (χ3v) is 4.46. The van der Waals surface area contributed by atoms with Crippen LogP contribution in [0.2, 0.25) is 5.02 Å². The summed E-state index contributed by atoms with van der Waals surface area (Å²) in [5.74, 6) is 0.129. The first-order chi connectivity index (χ1) is 14.0. The van der Waals surface area contributed by atoms with Crippen LogP contribution in [-0.2, 0) is 0 Å². The highest BCUT2D eigenvalue weighted by Crippen LogP contribution is 2.38. The number of aryl methyl sites for hydroxylation is 1. The molecule has 0 aliphatic heterocycles. The van der Waals surface area contributed by atoms with E-state index in [4.69, 9.17) is 16.3 Å². The number of rotatable bonds is 5. The van der Waals surface area contributed by atoms with Crippen LogP contribution in [-0.4, -0.2) is 19.9 Å². The number of nitro groups is 1. The molecule has 0 saturated carbocycles. The van der Waals surface area contributed by atoms with Crippen LogP contribution >= 0.6 is 11.6 Å². The maximum absolute atomic E-state index is 11.8. The number of pyridine rings is 1. The Balaban J connectivity index is 1.78. The average Bonchev–Trinajstić information content (AvgIpc) is 2.70. The minimum Gasteiger partial charge on any atom is -0.431 e. The molecule has 144 valence electrons. The van der Waals surface area contributed by atoms with Gasteiger partial charge in [-0.25, -0.2) is 9.97 Å². The Bertz CT molecular complexity index is 1230. The Morgan fingerprint density at radius 1 is 1.07 bits per heavy atom. The molecular formula is C20H14ClN5O3. The third-order valence-electron chi connectivity index (χ3n) is 4.13. The Morgan fingerprint density at radius 2 is 1.90 bits per heavy atom. The Hall–Kier alpha value is -3.78. The number of nitrogens with one attached hydrogen (secondary N) is 1. The van der Waals surface area contributed by atoms with Gasteiger partial charge in [0.25, 0.3) is 0 Å². The second kappa shape index (κ2) is 7.69. The van der Waals surface area contributed by atoms with Crippen molar-refractivity contribution in [1.29, 1.82) is 0 Å². The van der Waals surface area contributed by atoms with E-state index in [0.29, 0.717) is 22.0 Å². The van der Waals surface area contributed by atoms with Gasteiger partial charge in [0.2, 0.25) is 5.82 Å². The molecule has 8 nitrogen and oxygen atoms in total. The van der Waals surface area contributed by atoms with Crippen molar-refractivity contribution in [3.8, 4) is 11.6 Å². The lowest BCUT2D eigenvalue weighted by Gasteiger charge is -2.11. The molecule has 2 aromatic carbocycles. The summed E-state index contributed by atoms with van der Waals surface area (Å²) >= 11 is 6.14. The fourth-order valence-electron chi connectivity index (χ4n) is 2.79. The van der Waals surface area contributed by atoms with Crippen LogP contribution in [0.25, 0.3) is 10.9 Å². The zero-order chi connectivity index (χ0) is 20.4. The molecule has 1 N–H and O–H groups in total. The molecule has 0 atom stereocenters. The Morgan fingerprint density at radius 3 is 2.69 bits per heavy atom. The first-order valence-electron chi connectivity index (χ1n) is 8.58. The predicted octanol–water partition coefficient (Wildman–Crippen LogP) is 5.43. The molecule has 0 fully saturated rings. The molecule has 0 radical (unpaired) electrons. The van der Waals surface area contributed by atoms with Gasteiger partial charge in [-0.15, -0.1) is 0 Å². The molecule has 4 rings (SSSR count). The minimum absolute atomic E-state index is 0.0301. The van der Waals surface area contributed by atoms with E-state index in [1.54, 1.807) is 36.4 Å². The van der Waals surface area contributed by atoms with Crippen molar-refractivity contribution in [2.45, 2.75) is 6.92 Å². The van der Waals surface area contributed by atoms with Crippen molar-refractivity contribution < 1.29 is 9.66 Å². The molecule has 2 aromatic heterocycles. The van der Waals surface area contributed by atoms with Crippen LogP contribution in [0.15, 0.2) is 60.9 Å². The van der Waals surface area contributed by atoms with Crippen LogP contribution in [0.4, 0.5) is 17.2 Å². The van der Waals surface area contributed by atoms with Gasteiger partial charge in [-0.05, 0) is 31.2 Å². The number of aromatic nitrogens is 3. The number of fused-ring (bicyclic) bond motifs is 1. The molecule has 0 spiro atoms. The summed E-state index contributed by atoms with van der Waals surface area (Å²) < 4.78 is 5.82. The van der Waals surface area contributed by atoms with Gasteiger partial charge < -0.3 is 10.1 Å². The van der Waals surface area contributed by atoms with E-state index < -0.39 is 10.6 Å². The van der Waals surface area contributed by atoms with Crippen molar-refractivity contribution in [3.05, 3.63) is 81.8 Å². The molecule has 0 amide bonds. The molecule has 0 saturated heterocycles. The summed E-state index contributed by atoms with van der Waals surface area (Å²) in [6.45, 7) is 1.86. The lowest BCUT2D eigenvalue weighted by Crippen LogP contribution is -2.04. The summed E-state index contributed by atoms with van der Waals surface area (Å²) in [7, 11) is 0. The lowest BCUT2D eigenvalue weighted by molar-refractivity contribution is -0.385. The predicted molar refractivity (Wildman–Crippen MR) is 110 cm³/mol. The number of anilines is 2. The fourth-order valence-corrected chi connectivity index (χ4v) is 2.97. The van der Waals surface area contributed by atoms with Crippen LogP contribution in [0, 0.1) is 17.0 Å². The topological polar surface area (TPSA) is 103 Å². The Labute approximate surface area is 170 Å². The average molecular weight is 408 g/mol. The number of benzene rings is 2. The summed E-state index contributed by atoms with van der Waals surface area (Å²) in [6, 6.07) is 16.0. The first kappa shape index (κ1) is 18.6. The molecule has 2 heterocycles. The largest absolute Gasteiger partial charge is 0.431 e. The van der Waals surface area contributed by atoms with Crippen molar-refractivity contribution in [3.63, 3.8) is 0 Å².